The Morgan fingerprint density at radius 2 is 1.75 bits per heavy atom. The highest BCUT2D eigenvalue weighted by Gasteiger charge is 2.14. The molecule has 110 valence electrons. The summed E-state index contributed by atoms with van der Waals surface area (Å²) in [7, 11) is 0. The molecule has 2 N–H and O–H groups in total. The molecule has 0 fully saturated rings. The maximum Gasteiger partial charge on any atom is 0.339 e. The number of benzene rings is 1. The van der Waals surface area contributed by atoms with Crippen LogP contribution in [-0.4, -0.2) is 28.8 Å². The molecule has 20 heavy (non-hydrogen) atoms. The summed E-state index contributed by atoms with van der Waals surface area (Å²) >= 11 is 0. The van der Waals surface area contributed by atoms with Gasteiger partial charge in [-0.3, -0.25) is 0 Å². The Morgan fingerprint density at radius 1 is 1.05 bits per heavy atom. The third-order valence-electron chi connectivity index (χ3n) is 2.96. The Bertz CT molecular complexity index is 467. The summed E-state index contributed by atoms with van der Waals surface area (Å²) in [6.07, 6.45) is 5.31. The molecule has 1 rings (SSSR count). The first kappa shape index (κ1) is 16.0. The summed E-state index contributed by atoms with van der Waals surface area (Å²) < 4.78 is 5.43. The van der Waals surface area contributed by atoms with Gasteiger partial charge in [-0.2, -0.15) is 0 Å². The van der Waals surface area contributed by atoms with Crippen LogP contribution in [0, 0.1) is 0 Å². The van der Waals surface area contributed by atoms with Gasteiger partial charge in [-0.05, 0) is 24.6 Å². The molecule has 0 aromatic heterocycles. The second-order valence-corrected chi connectivity index (χ2v) is 4.58. The molecule has 5 heteroatoms. The molecular formula is C15H20O5. The van der Waals surface area contributed by atoms with Crippen LogP contribution in [-0.2, 0) is 0 Å². The number of hydrogen-bond acceptors (Lipinski definition) is 3. The fourth-order valence-electron chi connectivity index (χ4n) is 1.84. The van der Waals surface area contributed by atoms with Crippen molar-refractivity contribution in [1.29, 1.82) is 0 Å². The van der Waals surface area contributed by atoms with Crippen molar-refractivity contribution in [3.63, 3.8) is 0 Å². The maximum atomic E-state index is 11.0. The molecule has 0 unspecified atom stereocenters. The standard InChI is InChI=1S/C15H20O5/c1-2-3-4-5-6-9-20-13-10-11(14(16)17)7-8-12(13)15(18)19/h7-8,10H,2-6,9H2,1H3,(H,16,17)(H,18,19). The van der Waals surface area contributed by atoms with Crippen molar-refractivity contribution in [1.82, 2.24) is 0 Å². The van der Waals surface area contributed by atoms with Crippen LogP contribution in [0.4, 0.5) is 0 Å². The van der Waals surface area contributed by atoms with E-state index in [-0.39, 0.29) is 16.9 Å². The van der Waals surface area contributed by atoms with Gasteiger partial charge < -0.3 is 14.9 Å². The van der Waals surface area contributed by atoms with Crippen LogP contribution in [0.3, 0.4) is 0 Å². The van der Waals surface area contributed by atoms with Crippen molar-refractivity contribution >= 4 is 11.9 Å². The predicted molar refractivity (Wildman–Crippen MR) is 74.6 cm³/mol. The molecule has 0 aliphatic rings. The lowest BCUT2D eigenvalue weighted by atomic mass is 10.1. The van der Waals surface area contributed by atoms with E-state index in [2.05, 4.69) is 6.92 Å². The first-order valence-corrected chi connectivity index (χ1v) is 6.79. The topological polar surface area (TPSA) is 83.8 Å². The van der Waals surface area contributed by atoms with Crippen molar-refractivity contribution in [3.8, 4) is 5.75 Å². The highest BCUT2D eigenvalue weighted by atomic mass is 16.5. The molecular weight excluding hydrogens is 260 g/mol. The van der Waals surface area contributed by atoms with Crippen molar-refractivity contribution < 1.29 is 24.5 Å². The average Bonchev–Trinajstić information content (AvgIpc) is 2.42. The first-order chi connectivity index (χ1) is 9.56. The molecule has 0 aliphatic heterocycles. The second-order valence-electron chi connectivity index (χ2n) is 4.58. The Balaban J connectivity index is 2.63. The lowest BCUT2D eigenvalue weighted by molar-refractivity contribution is 0.0677. The molecule has 1 aromatic carbocycles. The molecule has 0 atom stereocenters. The van der Waals surface area contributed by atoms with Crippen LogP contribution in [0.1, 0.15) is 59.7 Å². The molecule has 0 amide bonds. The van der Waals surface area contributed by atoms with Crippen LogP contribution in [0.15, 0.2) is 18.2 Å². The minimum absolute atomic E-state index is 0.0106. The summed E-state index contributed by atoms with van der Waals surface area (Å²) in [5.41, 5.74) is 0.0135. The molecule has 0 heterocycles. The van der Waals surface area contributed by atoms with Crippen LogP contribution in [0.25, 0.3) is 0 Å². The zero-order valence-electron chi connectivity index (χ0n) is 11.6. The number of unbranched alkanes of at least 4 members (excludes halogenated alkanes) is 4. The zero-order chi connectivity index (χ0) is 15.0. The summed E-state index contributed by atoms with van der Waals surface area (Å²) in [5.74, 6) is -2.11. The highest BCUT2D eigenvalue weighted by molar-refractivity contribution is 5.94. The van der Waals surface area contributed by atoms with Crippen molar-refractivity contribution in [2.24, 2.45) is 0 Å². The zero-order valence-corrected chi connectivity index (χ0v) is 11.6. The number of carboxylic acids is 2. The quantitative estimate of drug-likeness (QED) is 0.677. The minimum atomic E-state index is -1.12. The molecule has 5 nitrogen and oxygen atoms in total. The van der Waals surface area contributed by atoms with E-state index in [4.69, 9.17) is 14.9 Å². The maximum absolute atomic E-state index is 11.0. The predicted octanol–water partition coefficient (Wildman–Crippen LogP) is 3.43. The highest BCUT2D eigenvalue weighted by Crippen LogP contribution is 2.21. The molecule has 0 aliphatic carbocycles. The lowest BCUT2D eigenvalue weighted by Crippen LogP contribution is -2.07. The summed E-state index contributed by atoms with van der Waals surface area (Å²) in [6, 6.07) is 3.79. The smallest absolute Gasteiger partial charge is 0.339 e. The third-order valence-corrected chi connectivity index (χ3v) is 2.96. The molecule has 1 aromatic rings. The van der Waals surface area contributed by atoms with Gasteiger partial charge >= 0.3 is 11.9 Å². The Morgan fingerprint density at radius 3 is 2.35 bits per heavy atom. The normalized spacial score (nSPS) is 10.2. The van der Waals surface area contributed by atoms with Crippen LogP contribution < -0.4 is 4.74 Å². The van der Waals surface area contributed by atoms with Crippen LogP contribution in [0.5, 0.6) is 5.75 Å². The molecule has 0 spiro atoms. The van der Waals surface area contributed by atoms with Gasteiger partial charge in [-0.15, -0.1) is 0 Å². The van der Waals surface area contributed by atoms with E-state index < -0.39 is 11.9 Å². The van der Waals surface area contributed by atoms with Gasteiger partial charge in [-0.25, -0.2) is 9.59 Å². The average molecular weight is 280 g/mol. The largest absolute Gasteiger partial charge is 0.493 e. The van der Waals surface area contributed by atoms with Crippen LogP contribution >= 0.6 is 0 Å². The van der Waals surface area contributed by atoms with Gasteiger partial charge in [-0.1, -0.05) is 32.6 Å². The molecule has 0 saturated heterocycles. The number of carbonyl (C=O) groups is 2. The van der Waals surface area contributed by atoms with Gasteiger partial charge in [0.2, 0.25) is 0 Å². The van der Waals surface area contributed by atoms with E-state index in [1.54, 1.807) is 0 Å². The van der Waals surface area contributed by atoms with E-state index >= 15 is 0 Å². The summed E-state index contributed by atoms with van der Waals surface area (Å²) in [6.45, 7) is 2.53. The van der Waals surface area contributed by atoms with Gasteiger partial charge in [0.05, 0.1) is 12.2 Å². The Kier molecular flexibility index (Phi) is 6.56. The minimum Gasteiger partial charge on any atom is -0.493 e. The van der Waals surface area contributed by atoms with E-state index in [9.17, 15) is 9.59 Å². The number of ether oxygens (including phenoxy) is 1. The lowest BCUT2D eigenvalue weighted by Gasteiger charge is -2.10. The van der Waals surface area contributed by atoms with E-state index in [1.807, 2.05) is 0 Å². The fourth-order valence-corrected chi connectivity index (χ4v) is 1.84. The van der Waals surface area contributed by atoms with E-state index in [0.717, 1.165) is 25.7 Å². The second kappa shape index (κ2) is 8.19. The number of hydrogen-bond donors (Lipinski definition) is 2. The van der Waals surface area contributed by atoms with Gasteiger partial charge in [0.15, 0.2) is 0 Å². The number of aromatic carboxylic acids is 2. The van der Waals surface area contributed by atoms with Crippen molar-refractivity contribution in [2.45, 2.75) is 39.0 Å². The number of rotatable bonds is 9. The summed E-state index contributed by atoms with van der Waals surface area (Å²) in [5, 5.41) is 17.9. The monoisotopic (exact) mass is 280 g/mol. The summed E-state index contributed by atoms with van der Waals surface area (Å²) in [4.78, 5) is 21.9. The Hall–Kier alpha value is -2.04. The van der Waals surface area contributed by atoms with Crippen molar-refractivity contribution in [3.05, 3.63) is 29.3 Å². The SMILES string of the molecule is CCCCCCCOc1cc(C(=O)O)ccc1C(=O)O. The number of carboxylic acid groups (broad SMARTS) is 2. The third kappa shape index (κ3) is 4.91. The van der Waals surface area contributed by atoms with Crippen LogP contribution in [0.2, 0.25) is 0 Å². The van der Waals surface area contributed by atoms with Gasteiger partial charge in [0.25, 0.3) is 0 Å². The molecule has 0 bridgehead atoms. The van der Waals surface area contributed by atoms with Gasteiger partial charge in [0.1, 0.15) is 11.3 Å². The van der Waals surface area contributed by atoms with E-state index in [1.165, 1.54) is 24.6 Å². The van der Waals surface area contributed by atoms with Gasteiger partial charge in [0, 0.05) is 0 Å². The Labute approximate surface area is 118 Å². The first-order valence-electron chi connectivity index (χ1n) is 6.79. The fraction of sp³-hybridized carbons (Fsp3) is 0.467. The molecule has 0 radical (unpaired) electrons. The molecule has 0 saturated carbocycles. The van der Waals surface area contributed by atoms with E-state index in [0.29, 0.717) is 6.61 Å². The van der Waals surface area contributed by atoms with Crippen molar-refractivity contribution in [2.75, 3.05) is 6.61 Å².